The molecule has 2 aromatic rings. The van der Waals surface area contributed by atoms with Crippen LogP contribution in [0.4, 0.5) is 0 Å². The Morgan fingerprint density at radius 1 is 0.970 bits per heavy atom. The first-order valence-electron chi connectivity index (χ1n) is 11.5. The number of nitrogens with zero attached hydrogens (tertiary/aromatic N) is 1. The van der Waals surface area contributed by atoms with Gasteiger partial charge in [0.15, 0.2) is 0 Å². The molecule has 0 fully saturated rings. The van der Waals surface area contributed by atoms with Crippen LogP contribution < -0.4 is 21.1 Å². The van der Waals surface area contributed by atoms with Gasteiger partial charge in [0.2, 0.25) is 11.8 Å². The lowest BCUT2D eigenvalue weighted by atomic mass is 10.0. The van der Waals surface area contributed by atoms with E-state index in [9.17, 15) is 9.59 Å². The molecule has 7 heteroatoms. The van der Waals surface area contributed by atoms with Crippen LogP contribution in [0.1, 0.15) is 31.4 Å². The maximum atomic E-state index is 12.8. The molecule has 0 aliphatic heterocycles. The molecule has 0 spiro atoms. The number of benzene rings is 2. The topological polar surface area (TPSA) is 96.7 Å². The smallest absolute Gasteiger partial charge is 0.242 e. The van der Waals surface area contributed by atoms with E-state index in [1.54, 1.807) is 0 Å². The van der Waals surface area contributed by atoms with Gasteiger partial charge in [-0.3, -0.25) is 9.59 Å². The average Bonchev–Trinajstić information content (AvgIpc) is 2.78. The van der Waals surface area contributed by atoms with Crippen LogP contribution in [0.25, 0.3) is 0 Å². The lowest BCUT2D eigenvalue weighted by molar-refractivity contribution is -0.129. The molecule has 2 amide bonds. The monoisotopic (exact) mass is 454 g/mol. The van der Waals surface area contributed by atoms with Crippen molar-refractivity contribution in [3.05, 3.63) is 65.7 Å². The molecule has 2 atom stereocenters. The van der Waals surface area contributed by atoms with Crippen molar-refractivity contribution in [2.45, 2.75) is 45.4 Å². The van der Waals surface area contributed by atoms with Crippen LogP contribution >= 0.6 is 0 Å². The summed E-state index contributed by atoms with van der Waals surface area (Å²) in [5, 5.41) is 5.76. The SMILES string of the molecule is CC(C)CC(N)C(=O)NC(Cc1ccc(OCc2ccccc2)cc1)C(=O)NCCN(C)C. The first-order valence-corrected chi connectivity index (χ1v) is 11.5. The number of nitrogens with two attached hydrogens (primary N) is 1. The highest BCUT2D eigenvalue weighted by molar-refractivity contribution is 5.89. The summed E-state index contributed by atoms with van der Waals surface area (Å²) in [5.74, 6) is 0.518. The number of carbonyl (C=O) groups is 2. The molecule has 0 saturated carbocycles. The van der Waals surface area contributed by atoms with Gasteiger partial charge in [-0.2, -0.15) is 0 Å². The van der Waals surface area contributed by atoms with Crippen molar-refractivity contribution >= 4 is 11.8 Å². The van der Waals surface area contributed by atoms with E-state index in [4.69, 9.17) is 10.5 Å². The number of carbonyl (C=O) groups excluding carboxylic acids is 2. The molecule has 4 N–H and O–H groups in total. The van der Waals surface area contributed by atoms with Crippen LogP contribution in [0.2, 0.25) is 0 Å². The molecule has 0 aromatic heterocycles. The molecule has 0 heterocycles. The van der Waals surface area contributed by atoms with Crippen LogP contribution in [0.5, 0.6) is 5.75 Å². The summed E-state index contributed by atoms with van der Waals surface area (Å²) in [4.78, 5) is 27.4. The van der Waals surface area contributed by atoms with Crippen LogP contribution in [-0.4, -0.2) is 56.0 Å². The molecule has 2 rings (SSSR count). The van der Waals surface area contributed by atoms with Gasteiger partial charge in [0, 0.05) is 19.5 Å². The van der Waals surface area contributed by atoms with Crippen LogP contribution in [0.3, 0.4) is 0 Å². The van der Waals surface area contributed by atoms with Crippen LogP contribution in [0, 0.1) is 5.92 Å². The third kappa shape index (κ3) is 10.1. The molecular formula is C26H38N4O3. The Bertz CT molecular complexity index is 854. The predicted octanol–water partition coefficient (Wildman–Crippen LogP) is 2.34. The van der Waals surface area contributed by atoms with Crippen molar-refractivity contribution in [3.63, 3.8) is 0 Å². The maximum absolute atomic E-state index is 12.8. The Balaban J connectivity index is 2.00. The zero-order valence-corrected chi connectivity index (χ0v) is 20.2. The van der Waals surface area contributed by atoms with Gasteiger partial charge in [0.25, 0.3) is 0 Å². The third-order valence-electron chi connectivity index (χ3n) is 5.16. The minimum Gasteiger partial charge on any atom is -0.489 e. The average molecular weight is 455 g/mol. The highest BCUT2D eigenvalue weighted by atomic mass is 16.5. The molecule has 0 bridgehead atoms. The van der Waals surface area contributed by atoms with Crippen molar-refractivity contribution in [2.75, 3.05) is 27.2 Å². The van der Waals surface area contributed by atoms with Gasteiger partial charge in [-0.25, -0.2) is 0 Å². The van der Waals surface area contributed by atoms with Gasteiger partial charge < -0.3 is 26.0 Å². The van der Waals surface area contributed by atoms with Gasteiger partial charge in [-0.05, 0) is 49.7 Å². The van der Waals surface area contributed by atoms with Crippen LogP contribution in [-0.2, 0) is 22.6 Å². The first-order chi connectivity index (χ1) is 15.7. The van der Waals surface area contributed by atoms with Gasteiger partial charge in [-0.1, -0.05) is 56.3 Å². The second-order valence-electron chi connectivity index (χ2n) is 9.01. The Morgan fingerprint density at radius 2 is 1.64 bits per heavy atom. The number of likely N-dealkylation sites (N-methyl/N-ethyl adjacent to an activating group) is 1. The minimum absolute atomic E-state index is 0.216. The standard InChI is InChI=1S/C26H38N4O3/c1-19(2)16-23(27)25(31)29-24(26(32)28-14-15-30(3)4)17-20-10-12-22(13-11-20)33-18-21-8-6-5-7-9-21/h5-13,19,23-24H,14-18,27H2,1-4H3,(H,28,32)(H,29,31). The molecule has 180 valence electrons. The van der Waals surface area contributed by atoms with Crippen molar-refractivity contribution in [1.29, 1.82) is 0 Å². The number of nitrogens with one attached hydrogen (secondary N) is 2. The Labute approximate surface area is 197 Å². The third-order valence-corrected chi connectivity index (χ3v) is 5.16. The number of amides is 2. The lowest BCUT2D eigenvalue weighted by Gasteiger charge is -2.22. The summed E-state index contributed by atoms with van der Waals surface area (Å²) in [6, 6.07) is 16.2. The van der Waals surface area contributed by atoms with E-state index in [1.807, 2.05) is 87.4 Å². The molecule has 33 heavy (non-hydrogen) atoms. The molecule has 2 aromatic carbocycles. The van der Waals surface area contributed by atoms with E-state index in [0.717, 1.165) is 16.9 Å². The zero-order chi connectivity index (χ0) is 24.2. The molecule has 0 aliphatic rings. The van der Waals surface area contributed by atoms with E-state index in [1.165, 1.54) is 0 Å². The molecule has 0 aliphatic carbocycles. The van der Waals surface area contributed by atoms with Crippen molar-refractivity contribution in [2.24, 2.45) is 11.7 Å². The van der Waals surface area contributed by atoms with E-state index < -0.39 is 12.1 Å². The summed E-state index contributed by atoms with van der Waals surface area (Å²) in [6.45, 7) is 5.73. The number of hydrogen-bond donors (Lipinski definition) is 3. The van der Waals surface area contributed by atoms with Gasteiger partial charge in [0.05, 0.1) is 6.04 Å². The largest absolute Gasteiger partial charge is 0.489 e. The molecule has 0 radical (unpaired) electrons. The summed E-state index contributed by atoms with van der Waals surface area (Å²) < 4.78 is 5.84. The van der Waals surface area contributed by atoms with Crippen molar-refractivity contribution in [3.8, 4) is 5.75 Å². The Kier molecular flexibility index (Phi) is 10.9. The molecular weight excluding hydrogens is 416 g/mol. The second kappa shape index (κ2) is 13.6. The summed E-state index contributed by atoms with van der Waals surface area (Å²) >= 11 is 0. The number of hydrogen-bond acceptors (Lipinski definition) is 5. The van der Waals surface area contributed by atoms with Crippen molar-refractivity contribution in [1.82, 2.24) is 15.5 Å². The summed E-state index contributed by atoms with van der Waals surface area (Å²) in [7, 11) is 3.88. The van der Waals surface area contributed by atoms with E-state index in [0.29, 0.717) is 38.5 Å². The Morgan fingerprint density at radius 3 is 2.24 bits per heavy atom. The quantitative estimate of drug-likeness (QED) is 0.432. The van der Waals surface area contributed by atoms with Gasteiger partial charge in [-0.15, -0.1) is 0 Å². The summed E-state index contributed by atoms with van der Waals surface area (Å²) in [6.07, 6.45) is 0.932. The van der Waals surface area contributed by atoms with Crippen LogP contribution in [0.15, 0.2) is 54.6 Å². The van der Waals surface area contributed by atoms with Gasteiger partial charge in [0.1, 0.15) is 18.4 Å². The fraction of sp³-hybridized carbons (Fsp3) is 0.462. The fourth-order valence-electron chi connectivity index (χ4n) is 3.33. The number of ether oxygens (including phenoxy) is 1. The number of rotatable bonds is 13. The summed E-state index contributed by atoms with van der Waals surface area (Å²) in [5.41, 5.74) is 8.05. The fourth-order valence-corrected chi connectivity index (χ4v) is 3.33. The van der Waals surface area contributed by atoms with E-state index in [2.05, 4.69) is 10.6 Å². The second-order valence-corrected chi connectivity index (χ2v) is 9.01. The van der Waals surface area contributed by atoms with E-state index in [-0.39, 0.29) is 11.8 Å². The Hall–Kier alpha value is -2.90. The minimum atomic E-state index is -0.700. The highest BCUT2D eigenvalue weighted by Gasteiger charge is 2.24. The zero-order valence-electron chi connectivity index (χ0n) is 20.2. The molecule has 7 nitrogen and oxygen atoms in total. The first kappa shape index (κ1) is 26.4. The lowest BCUT2D eigenvalue weighted by Crippen LogP contribution is -2.53. The normalized spacial score (nSPS) is 12.9. The molecule has 0 saturated heterocycles. The highest BCUT2D eigenvalue weighted by Crippen LogP contribution is 2.16. The van der Waals surface area contributed by atoms with Crippen molar-refractivity contribution < 1.29 is 14.3 Å². The van der Waals surface area contributed by atoms with Gasteiger partial charge >= 0.3 is 0 Å². The maximum Gasteiger partial charge on any atom is 0.242 e. The van der Waals surface area contributed by atoms with E-state index >= 15 is 0 Å². The molecule has 2 unspecified atom stereocenters. The predicted molar refractivity (Wildman–Crippen MR) is 132 cm³/mol.